The van der Waals surface area contributed by atoms with Crippen LogP contribution in [0.1, 0.15) is 47.2 Å². The fourth-order valence-electron chi connectivity index (χ4n) is 5.39. The number of rotatable bonds is 3. The van der Waals surface area contributed by atoms with Crippen molar-refractivity contribution in [3.8, 4) is 0 Å². The first-order valence-corrected chi connectivity index (χ1v) is 10.4. The summed E-state index contributed by atoms with van der Waals surface area (Å²) in [5.41, 5.74) is 4.21. The number of benzene rings is 2. The maximum Gasteiger partial charge on any atom is 0.258 e. The summed E-state index contributed by atoms with van der Waals surface area (Å²) in [6.07, 6.45) is 3.78. The molecule has 0 bridgehead atoms. The van der Waals surface area contributed by atoms with Crippen molar-refractivity contribution in [1.82, 2.24) is 4.90 Å². The fourth-order valence-corrected chi connectivity index (χ4v) is 5.39. The zero-order chi connectivity index (χ0) is 21.0. The molecule has 0 fully saturated rings. The molecule has 2 aliphatic heterocycles. The maximum absolute atomic E-state index is 13.2. The Kier molecular flexibility index (Phi) is 4.17. The van der Waals surface area contributed by atoms with Gasteiger partial charge in [-0.1, -0.05) is 36.4 Å². The van der Waals surface area contributed by atoms with Crippen LogP contribution in [0.5, 0.6) is 0 Å². The second kappa shape index (κ2) is 6.66. The van der Waals surface area contributed by atoms with Gasteiger partial charge in [-0.25, -0.2) is 0 Å². The molecule has 2 aromatic rings. The molecule has 3 atom stereocenters. The number of hydrogen-bond acceptors (Lipinski definition) is 3. The topological polar surface area (TPSA) is 57.7 Å². The smallest absolute Gasteiger partial charge is 0.258 e. The Hall–Kier alpha value is -3.21. The molecule has 2 amide bonds. The third kappa shape index (κ3) is 2.58. The highest BCUT2D eigenvalue weighted by Gasteiger charge is 2.48. The third-order valence-corrected chi connectivity index (χ3v) is 6.89. The predicted molar refractivity (Wildman–Crippen MR) is 115 cm³/mol. The lowest BCUT2D eigenvalue weighted by Gasteiger charge is -2.45. The Balaban J connectivity index is 1.62. The highest BCUT2D eigenvalue weighted by Crippen LogP contribution is 2.52. The van der Waals surface area contributed by atoms with Crippen molar-refractivity contribution >= 4 is 29.4 Å². The van der Waals surface area contributed by atoms with E-state index in [1.165, 1.54) is 5.56 Å². The van der Waals surface area contributed by atoms with Gasteiger partial charge in [-0.3, -0.25) is 9.59 Å². The van der Waals surface area contributed by atoms with E-state index in [2.05, 4.69) is 6.07 Å². The minimum absolute atomic E-state index is 0.00516. The summed E-state index contributed by atoms with van der Waals surface area (Å²) in [4.78, 5) is 41.2. The first-order valence-electron chi connectivity index (χ1n) is 10.4. The van der Waals surface area contributed by atoms with Crippen LogP contribution in [-0.2, 0) is 9.59 Å². The Bertz CT molecular complexity index is 1090. The largest absolute Gasteiger partial charge is 0.338 e. The van der Waals surface area contributed by atoms with Crippen LogP contribution in [0.25, 0.3) is 5.57 Å². The molecule has 2 heterocycles. The summed E-state index contributed by atoms with van der Waals surface area (Å²) in [6.45, 7) is 2.46. The van der Waals surface area contributed by atoms with Crippen molar-refractivity contribution in [2.45, 2.75) is 31.7 Å². The van der Waals surface area contributed by atoms with Crippen LogP contribution in [0.4, 0.5) is 5.69 Å². The zero-order valence-corrected chi connectivity index (χ0v) is 17.2. The first-order chi connectivity index (χ1) is 14.4. The van der Waals surface area contributed by atoms with Gasteiger partial charge in [0.2, 0.25) is 5.91 Å². The Labute approximate surface area is 176 Å². The molecular formula is C25H24N2O3. The molecule has 2 aromatic carbocycles. The van der Waals surface area contributed by atoms with Gasteiger partial charge in [-0.15, -0.1) is 0 Å². The lowest BCUT2D eigenvalue weighted by Crippen LogP contribution is -2.51. The van der Waals surface area contributed by atoms with E-state index in [1.807, 2.05) is 67.4 Å². The second-order valence-electron chi connectivity index (χ2n) is 8.77. The molecule has 30 heavy (non-hydrogen) atoms. The Morgan fingerprint density at radius 2 is 1.93 bits per heavy atom. The van der Waals surface area contributed by atoms with Crippen molar-refractivity contribution in [2.75, 3.05) is 18.5 Å². The molecule has 5 heteroatoms. The Morgan fingerprint density at radius 3 is 2.67 bits per heavy atom. The SMILES string of the molecule is CN1C(=O)C(C)(CC=O)C=C2c3cccc4c3[C@H](C[C@H]21)CN4C(=O)c1ccccc1. The number of nitrogens with zero attached hydrogens (tertiary/aromatic N) is 2. The van der Waals surface area contributed by atoms with E-state index in [0.29, 0.717) is 12.1 Å². The van der Waals surface area contributed by atoms with Gasteiger partial charge >= 0.3 is 0 Å². The first kappa shape index (κ1) is 18.8. The maximum atomic E-state index is 13.2. The molecule has 5 rings (SSSR count). The van der Waals surface area contributed by atoms with Crippen molar-refractivity contribution in [1.29, 1.82) is 0 Å². The summed E-state index contributed by atoms with van der Waals surface area (Å²) in [5, 5.41) is 0. The highest BCUT2D eigenvalue weighted by atomic mass is 16.2. The van der Waals surface area contributed by atoms with E-state index in [1.54, 1.807) is 4.90 Å². The van der Waals surface area contributed by atoms with E-state index in [0.717, 1.165) is 29.5 Å². The summed E-state index contributed by atoms with van der Waals surface area (Å²) in [5.74, 6) is 0.181. The van der Waals surface area contributed by atoms with Crippen LogP contribution in [0.3, 0.4) is 0 Å². The fraction of sp³-hybridized carbons (Fsp3) is 0.320. The van der Waals surface area contributed by atoms with Crippen molar-refractivity contribution < 1.29 is 14.4 Å². The van der Waals surface area contributed by atoms with Crippen LogP contribution in [0.2, 0.25) is 0 Å². The molecule has 1 unspecified atom stereocenters. The molecule has 0 saturated heterocycles. The average Bonchev–Trinajstić information content (AvgIpc) is 3.13. The van der Waals surface area contributed by atoms with E-state index < -0.39 is 5.41 Å². The normalized spacial score (nSPS) is 26.7. The lowest BCUT2D eigenvalue weighted by molar-refractivity contribution is -0.141. The van der Waals surface area contributed by atoms with Crippen LogP contribution in [0, 0.1) is 5.41 Å². The van der Waals surface area contributed by atoms with Gasteiger partial charge in [0.1, 0.15) is 6.29 Å². The van der Waals surface area contributed by atoms with Crippen molar-refractivity contribution in [3.05, 3.63) is 71.3 Å². The summed E-state index contributed by atoms with van der Waals surface area (Å²) in [7, 11) is 1.83. The molecule has 152 valence electrons. The highest BCUT2D eigenvalue weighted by molar-refractivity contribution is 6.08. The number of carbonyl (C=O) groups is 3. The van der Waals surface area contributed by atoms with Crippen LogP contribution in [-0.4, -0.2) is 42.6 Å². The van der Waals surface area contributed by atoms with Crippen LogP contribution >= 0.6 is 0 Å². The van der Waals surface area contributed by atoms with Gasteiger partial charge in [0.15, 0.2) is 0 Å². The molecular weight excluding hydrogens is 376 g/mol. The molecule has 5 nitrogen and oxygen atoms in total. The predicted octanol–water partition coefficient (Wildman–Crippen LogP) is 3.65. The van der Waals surface area contributed by atoms with E-state index in [-0.39, 0.29) is 30.2 Å². The molecule has 0 saturated carbocycles. The number of likely N-dealkylation sites (N-methyl/N-ethyl adjacent to an activating group) is 1. The number of hydrogen-bond donors (Lipinski definition) is 0. The van der Waals surface area contributed by atoms with Gasteiger partial charge < -0.3 is 14.6 Å². The molecule has 3 aliphatic rings. The van der Waals surface area contributed by atoms with E-state index in [9.17, 15) is 14.4 Å². The molecule has 1 aliphatic carbocycles. The third-order valence-electron chi connectivity index (χ3n) is 6.89. The minimum Gasteiger partial charge on any atom is -0.338 e. The minimum atomic E-state index is -0.823. The number of carbonyl (C=O) groups excluding carboxylic acids is 3. The Morgan fingerprint density at radius 1 is 1.17 bits per heavy atom. The lowest BCUT2D eigenvalue weighted by atomic mass is 9.70. The van der Waals surface area contributed by atoms with Crippen LogP contribution in [0.15, 0.2) is 54.6 Å². The number of amides is 2. The second-order valence-corrected chi connectivity index (χ2v) is 8.77. The summed E-state index contributed by atoms with van der Waals surface area (Å²) >= 11 is 0. The average molecular weight is 400 g/mol. The summed E-state index contributed by atoms with van der Waals surface area (Å²) < 4.78 is 0. The number of fused-ring (bicyclic) bond motifs is 2. The van der Waals surface area contributed by atoms with Gasteiger partial charge in [-0.05, 0) is 48.2 Å². The van der Waals surface area contributed by atoms with Gasteiger partial charge in [-0.2, -0.15) is 0 Å². The molecule has 0 N–H and O–H groups in total. The van der Waals surface area contributed by atoms with Crippen LogP contribution < -0.4 is 4.90 Å². The van der Waals surface area contributed by atoms with Gasteiger partial charge in [0.05, 0.1) is 11.5 Å². The number of anilines is 1. The van der Waals surface area contributed by atoms with Crippen molar-refractivity contribution in [3.63, 3.8) is 0 Å². The quantitative estimate of drug-likeness (QED) is 0.739. The standard InChI is InChI=1S/C25H24N2O3/c1-25(11-12-28)14-19-18-9-6-10-20-22(18)17(13-21(19)26(2)24(25)30)15-27(20)23(29)16-7-4-3-5-8-16/h3-10,12,14,17,21H,11,13,15H2,1-2H3/t17-,21-,25?/m1/s1. The van der Waals surface area contributed by atoms with Gasteiger partial charge in [0.25, 0.3) is 5.91 Å². The molecule has 0 radical (unpaired) electrons. The molecule has 0 spiro atoms. The molecule has 0 aromatic heterocycles. The van der Waals surface area contributed by atoms with E-state index >= 15 is 0 Å². The van der Waals surface area contributed by atoms with Crippen molar-refractivity contribution in [2.24, 2.45) is 5.41 Å². The summed E-state index contributed by atoms with van der Waals surface area (Å²) in [6, 6.07) is 15.4. The number of aldehydes is 1. The monoisotopic (exact) mass is 400 g/mol. The van der Waals surface area contributed by atoms with Gasteiger partial charge in [0, 0.05) is 37.2 Å². The van der Waals surface area contributed by atoms with E-state index in [4.69, 9.17) is 0 Å². The zero-order valence-electron chi connectivity index (χ0n) is 17.2.